The maximum Gasteiger partial charge on any atom is 0.126 e. The number of thiophene rings is 1. The van der Waals surface area contributed by atoms with Crippen molar-refractivity contribution in [2.75, 3.05) is 6.54 Å². The minimum absolute atomic E-state index is 0.172. The normalized spacial score (nSPS) is 12.9. The van der Waals surface area contributed by atoms with Crippen molar-refractivity contribution in [1.82, 2.24) is 5.32 Å². The molecule has 0 saturated carbocycles. The molecule has 0 bridgehead atoms. The third-order valence-corrected chi connectivity index (χ3v) is 4.06. The molecule has 0 aromatic carbocycles. The highest BCUT2D eigenvalue weighted by atomic mass is 79.9. The van der Waals surface area contributed by atoms with Gasteiger partial charge >= 0.3 is 0 Å². The van der Waals surface area contributed by atoms with Crippen molar-refractivity contribution in [3.05, 3.63) is 45.0 Å². The summed E-state index contributed by atoms with van der Waals surface area (Å²) in [5, 5.41) is 5.59. The van der Waals surface area contributed by atoms with Gasteiger partial charge in [-0.1, -0.05) is 6.92 Å². The predicted octanol–water partition coefficient (Wildman–Crippen LogP) is 4.19. The van der Waals surface area contributed by atoms with Crippen molar-refractivity contribution in [2.45, 2.75) is 19.4 Å². The minimum Gasteiger partial charge on any atom is -0.467 e. The monoisotopic (exact) mass is 299 g/mol. The standard InChI is InChI=1S/C12H14BrNOS/c1-2-5-14-12(10-4-3-6-15-10)11-7-9(13)8-16-11/h3-4,6-8,12,14H,2,5H2,1H3. The molecule has 0 fully saturated rings. The molecule has 2 heterocycles. The van der Waals surface area contributed by atoms with Crippen LogP contribution in [0.4, 0.5) is 0 Å². The zero-order valence-electron chi connectivity index (χ0n) is 9.07. The summed E-state index contributed by atoms with van der Waals surface area (Å²) >= 11 is 5.22. The van der Waals surface area contributed by atoms with Gasteiger partial charge in [0.05, 0.1) is 6.26 Å². The highest BCUT2D eigenvalue weighted by Crippen LogP contribution is 2.30. The summed E-state index contributed by atoms with van der Waals surface area (Å²) in [6.45, 7) is 3.15. The second-order valence-electron chi connectivity index (χ2n) is 3.57. The van der Waals surface area contributed by atoms with Crippen molar-refractivity contribution in [3.63, 3.8) is 0 Å². The lowest BCUT2D eigenvalue weighted by Gasteiger charge is -2.14. The Balaban J connectivity index is 2.21. The lowest BCUT2D eigenvalue weighted by molar-refractivity contribution is 0.450. The van der Waals surface area contributed by atoms with Gasteiger partial charge < -0.3 is 9.73 Å². The van der Waals surface area contributed by atoms with Gasteiger partial charge in [-0.15, -0.1) is 11.3 Å². The SMILES string of the molecule is CCCNC(c1ccco1)c1cc(Br)cs1. The van der Waals surface area contributed by atoms with Crippen LogP contribution in [0.2, 0.25) is 0 Å². The van der Waals surface area contributed by atoms with Crippen LogP contribution in [0.5, 0.6) is 0 Å². The van der Waals surface area contributed by atoms with E-state index >= 15 is 0 Å². The fourth-order valence-electron chi connectivity index (χ4n) is 1.57. The third-order valence-electron chi connectivity index (χ3n) is 2.30. The van der Waals surface area contributed by atoms with Crippen LogP contribution < -0.4 is 5.32 Å². The fourth-order valence-corrected chi connectivity index (χ4v) is 3.09. The maximum absolute atomic E-state index is 5.49. The molecule has 0 radical (unpaired) electrons. The van der Waals surface area contributed by atoms with Crippen LogP contribution in [-0.4, -0.2) is 6.54 Å². The Morgan fingerprint density at radius 2 is 2.44 bits per heavy atom. The Hall–Kier alpha value is -0.580. The molecule has 86 valence electrons. The smallest absolute Gasteiger partial charge is 0.126 e. The van der Waals surface area contributed by atoms with E-state index in [9.17, 15) is 0 Å². The molecule has 0 aliphatic rings. The van der Waals surface area contributed by atoms with Crippen molar-refractivity contribution in [2.24, 2.45) is 0 Å². The van der Waals surface area contributed by atoms with Gasteiger partial charge in [0.15, 0.2) is 0 Å². The van der Waals surface area contributed by atoms with Crippen molar-refractivity contribution in [3.8, 4) is 0 Å². The average molecular weight is 300 g/mol. The fraction of sp³-hybridized carbons (Fsp3) is 0.333. The van der Waals surface area contributed by atoms with Crippen LogP contribution >= 0.6 is 27.3 Å². The molecule has 2 rings (SSSR count). The molecule has 2 aromatic rings. The first kappa shape index (κ1) is 11.9. The van der Waals surface area contributed by atoms with Crippen LogP contribution in [0.15, 0.2) is 38.7 Å². The van der Waals surface area contributed by atoms with E-state index in [4.69, 9.17) is 4.42 Å². The number of furan rings is 1. The average Bonchev–Trinajstić information content (AvgIpc) is 2.91. The molecule has 0 saturated heterocycles. The summed E-state index contributed by atoms with van der Waals surface area (Å²) in [7, 11) is 0. The summed E-state index contributed by atoms with van der Waals surface area (Å²) < 4.78 is 6.61. The molecule has 1 atom stereocenters. The number of hydrogen-bond acceptors (Lipinski definition) is 3. The minimum atomic E-state index is 0.172. The second kappa shape index (κ2) is 5.66. The highest BCUT2D eigenvalue weighted by molar-refractivity contribution is 9.10. The van der Waals surface area contributed by atoms with Crippen molar-refractivity contribution < 1.29 is 4.42 Å². The Morgan fingerprint density at radius 1 is 1.56 bits per heavy atom. The van der Waals surface area contributed by atoms with Crippen LogP contribution in [0.1, 0.15) is 30.0 Å². The van der Waals surface area contributed by atoms with E-state index in [0.29, 0.717) is 0 Å². The molecule has 2 aromatic heterocycles. The Labute approximate surface area is 108 Å². The van der Waals surface area contributed by atoms with Crippen LogP contribution in [0, 0.1) is 0 Å². The van der Waals surface area contributed by atoms with Gasteiger partial charge in [-0.3, -0.25) is 0 Å². The number of hydrogen-bond donors (Lipinski definition) is 1. The van der Waals surface area contributed by atoms with Crippen LogP contribution in [0.25, 0.3) is 0 Å². The largest absolute Gasteiger partial charge is 0.467 e. The summed E-state index contributed by atoms with van der Waals surface area (Å²) in [4.78, 5) is 1.27. The van der Waals surface area contributed by atoms with E-state index in [2.05, 4.69) is 39.6 Å². The summed E-state index contributed by atoms with van der Waals surface area (Å²) in [6.07, 6.45) is 2.84. The number of rotatable bonds is 5. The zero-order chi connectivity index (χ0) is 11.4. The Bertz CT molecular complexity index is 424. The molecule has 0 spiro atoms. The van der Waals surface area contributed by atoms with Gasteiger partial charge in [0.25, 0.3) is 0 Å². The van der Waals surface area contributed by atoms with Crippen molar-refractivity contribution in [1.29, 1.82) is 0 Å². The van der Waals surface area contributed by atoms with E-state index in [-0.39, 0.29) is 6.04 Å². The van der Waals surface area contributed by atoms with Gasteiger partial charge in [0, 0.05) is 14.7 Å². The molecule has 4 heteroatoms. The topological polar surface area (TPSA) is 25.2 Å². The van der Waals surface area contributed by atoms with Gasteiger partial charge in [0.1, 0.15) is 11.8 Å². The first-order valence-corrected chi connectivity index (χ1v) is 6.99. The first-order valence-electron chi connectivity index (χ1n) is 5.32. The summed E-state index contributed by atoms with van der Waals surface area (Å²) in [6, 6.07) is 6.26. The molecular weight excluding hydrogens is 286 g/mol. The van der Waals surface area contributed by atoms with Gasteiger partial charge in [-0.05, 0) is 47.1 Å². The van der Waals surface area contributed by atoms with E-state index in [1.54, 1.807) is 17.6 Å². The summed E-state index contributed by atoms with van der Waals surface area (Å²) in [5.41, 5.74) is 0. The van der Waals surface area contributed by atoms with Crippen molar-refractivity contribution >= 4 is 27.3 Å². The molecule has 0 amide bonds. The first-order chi connectivity index (χ1) is 7.81. The molecule has 1 N–H and O–H groups in total. The summed E-state index contributed by atoms with van der Waals surface area (Å²) in [5.74, 6) is 0.975. The quantitative estimate of drug-likeness (QED) is 0.895. The lowest BCUT2D eigenvalue weighted by Crippen LogP contribution is -2.21. The second-order valence-corrected chi connectivity index (χ2v) is 5.43. The maximum atomic E-state index is 5.49. The van der Waals surface area contributed by atoms with E-state index < -0.39 is 0 Å². The molecule has 1 unspecified atom stereocenters. The van der Waals surface area contributed by atoms with Gasteiger partial charge in [-0.25, -0.2) is 0 Å². The van der Waals surface area contributed by atoms with Gasteiger partial charge in [0.2, 0.25) is 0 Å². The predicted molar refractivity (Wildman–Crippen MR) is 70.9 cm³/mol. The third kappa shape index (κ3) is 2.75. The highest BCUT2D eigenvalue weighted by Gasteiger charge is 2.17. The zero-order valence-corrected chi connectivity index (χ0v) is 11.5. The molecule has 16 heavy (non-hydrogen) atoms. The Morgan fingerprint density at radius 3 is 3.00 bits per heavy atom. The van der Waals surface area contributed by atoms with E-state index in [1.165, 1.54) is 4.88 Å². The molecular formula is C12H14BrNOS. The molecule has 0 aliphatic carbocycles. The number of halogens is 1. The van der Waals surface area contributed by atoms with Crippen LogP contribution in [0.3, 0.4) is 0 Å². The van der Waals surface area contributed by atoms with Crippen LogP contribution in [-0.2, 0) is 0 Å². The molecule has 2 nitrogen and oxygen atoms in total. The van der Waals surface area contributed by atoms with Gasteiger partial charge in [-0.2, -0.15) is 0 Å². The Kier molecular flexibility index (Phi) is 4.21. The lowest BCUT2D eigenvalue weighted by atomic mass is 10.2. The van der Waals surface area contributed by atoms with E-state index in [1.807, 2.05) is 12.1 Å². The number of nitrogens with one attached hydrogen (secondary N) is 1. The van der Waals surface area contributed by atoms with E-state index in [0.717, 1.165) is 23.2 Å². The molecule has 0 aliphatic heterocycles.